The van der Waals surface area contributed by atoms with E-state index in [0.717, 1.165) is 21.5 Å². The summed E-state index contributed by atoms with van der Waals surface area (Å²) >= 11 is 1.26. The van der Waals surface area contributed by atoms with Crippen molar-refractivity contribution in [1.82, 2.24) is 4.98 Å². The zero-order chi connectivity index (χ0) is 17.1. The van der Waals surface area contributed by atoms with Crippen LogP contribution in [0.3, 0.4) is 0 Å². The maximum atomic E-state index is 11.2. The van der Waals surface area contributed by atoms with E-state index in [1.807, 2.05) is 24.3 Å². The molecule has 1 heterocycles. The van der Waals surface area contributed by atoms with Crippen LogP contribution in [0.15, 0.2) is 58.5 Å². The molecule has 0 radical (unpaired) electrons. The number of aliphatic carboxylic acids is 1. The van der Waals surface area contributed by atoms with Gasteiger partial charge < -0.3 is 10.1 Å². The summed E-state index contributed by atoms with van der Waals surface area (Å²) in [6.45, 7) is 0. The summed E-state index contributed by atoms with van der Waals surface area (Å²) in [6, 6.07) is 14.1. The van der Waals surface area contributed by atoms with E-state index in [2.05, 4.69) is 4.98 Å². The summed E-state index contributed by atoms with van der Waals surface area (Å²) in [5.41, 5.74) is 1.79. The number of benzene rings is 2. The lowest BCUT2D eigenvalue weighted by molar-refractivity contribution is -0.387. The molecule has 1 aromatic heterocycles. The van der Waals surface area contributed by atoms with Crippen molar-refractivity contribution in [3.63, 3.8) is 0 Å². The van der Waals surface area contributed by atoms with Crippen molar-refractivity contribution in [2.45, 2.75) is 22.8 Å². The van der Waals surface area contributed by atoms with E-state index in [0.29, 0.717) is 11.3 Å². The number of rotatable bonds is 6. The van der Waals surface area contributed by atoms with Crippen LogP contribution in [0, 0.1) is 10.1 Å². The lowest BCUT2D eigenvalue weighted by atomic mass is 10.1. The fourth-order valence-corrected chi connectivity index (χ4v) is 3.66. The van der Waals surface area contributed by atoms with Gasteiger partial charge in [-0.25, -0.2) is 0 Å². The number of carbonyl (C=O) groups is 1. The SMILES string of the molecule is O=C(O)CCc1c(Sc2ccccc2[N+](=O)[O-])[nH]c2ccccc12. The monoisotopic (exact) mass is 342 g/mol. The van der Waals surface area contributed by atoms with E-state index in [1.165, 1.54) is 17.8 Å². The standard InChI is InChI=1S/C17H14N2O4S/c20-16(21)10-9-12-11-5-1-2-6-13(11)18-17(12)24-15-8-4-3-7-14(15)19(22)23/h1-8,18H,9-10H2,(H,20,21). The number of aromatic amines is 1. The van der Waals surface area contributed by atoms with Gasteiger partial charge in [0.15, 0.2) is 0 Å². The molecular weight excluding hydrogens is 328 g/mol. The predicted octanol–water partition coefficient (Wildman–Crippen LogP) is 4.24. The molecule has 3 rings (SSSR count). The third-order valence-corrected chi connectivity index (χ3v) is 4.76. The van der Waals surface area contributed by atoms with Crippen molar-refractivity contribution in [1.29, 1.82) is 0 Å². The molecule has 0 atom stereocenters. The first-order chi connectivity index (χ1) is 11.6. The zero-order valence-corrected chi connectivity index (χ0v) is 13.4. The van der Waals surface area contributed by atoms with Crippen molar-refractivity contribution in [3.8, 4) is 0 Å². The van der Waals surface area contributed by atoms with Gasteiger partial charge in [-0.3, -0.25) is 14.9 Å². The number of fused-ring (bicyclic) bond motifs is 1. The Morgan fingerprint density at radius 1 is 1.17 bits per heavy atom. The summed E-state index contributed by atoms with van der Waals surface area (Å²) < 4.78 is 0. The molecule has 0 spiro atoms. The second-order valence-corrected chi connectivity index (χ2v) is 6.25. The number of H-pyrrole nitrogens is 1. The molecule has 2 aromatic carbocycles. The number of nitro groups is 1. The smallest absolute Gasteiger partial charge is 0.303 e. The van der Waals surface area contributed by atoms with Gasteiger partial charge in [-0.1, -0.05) is 42.1 Å². The summed E-state index contributed by atoms with van der Waals surface area (Å²) in [5, 5.41) is 21.9. The quantitative estimate of drug-likeness (QED) is 0.516. The minimum atomic E-state index is -0.873. The van der Waals surface area contributed by atoms with Crippen LogP contribution in [0.5, 0.6) is 0 Å². The first-order valence-electron chi connectivity index (χ1n) is 7.29. The maximum absolute atomic E-state index is 11.2. The molecule has 24 heavy (non-hydrogen) atoms. The number of carboxylic acid groups (broad SMARTS) is 1. The van der Waals surface area contributed by atoms with E-state index in [4.69, 9.17) is 5.11 Å². The van der Waals surface area contributed by atoms with Crippen LogP contribution in [0.2, 0.25) is 0 Å². The highest BCUT2D eigenvalue weighted by Gasteiger charge is 2.18. The van der Waals surface area contributed by atoms with Crippen LogP contribution in [-0.4, -0.2) is 21.0 Å². The van der Waals surface area contributed by atoms with Gasteiger partial charge in [-0.15, -0.1) is 0 Å². The third-order valence-electron chi connectivity index (χ3n) is 3.64. The number of carboxylic acids is 1. The average Bonchev–Trinajstić information content (AvgIpc) is 2.90. The highest BCUT2D eigenvalue weighted by atomic mass is 32.2. The van der Waals surface area contributed by atoms with Crippen molar-refractivity contribution in [3.05, 3.63) is 64.2 Å². The summed E-state index contributed by atoms with van der Waals surface area (Å²) in [6.07, 6.45) is 0.370. The second kappa shape index (κ2) is 6.76. The molecule has 6 nitrogen and oxygen atoms in total. The molecule has 0 unspecified atom stereocenters. The van der Waals surface area contributed by atoms with Gasteiger partial charge in [0.1, 0.15) is 0 Å². The van der Waals surface area contributed by atoms with E-state index >= 15 is 0 Å². The van der Waals surface area contributed by atoms with Gasteiger partial charge in [0.2, 0.25) is 0 Å². The van der Waals surface area contributed by atoms with E-state index in [9.17, 15) is 14.9 Å². The summed E-state index contributed by atoms with van der Waals surface area (Å²) in [4.78, 5) is 25.5. The minimum absolute atomic E-state index is 0.00624. The molecule has 7 heteroatoms. The molecule has 3 aromatic rings. The Hall–Kier alpha value is -2.80. The number of nitro benzene ring substituents is 1. The van der Waals surface area contributed by atoms with Gasteiger partial charge >= 0.3 is 5.97 Å². The van der Waals surface area contributed by atoms with Crippen LogP contribution in [0.25, 0.3) is 10.9 Å². The lowest BCUT2D eigenvalue weighted by Crippen LogP contribution is -1.98. The Morgan fingerprint density at radius 2 is 1.88 bits per heavy atom. The largest absolute Gasteiger partial charge is 0.481 e. The van der Waals surface area contributed by atoms with E-state index < -0.39 is 10.9 Å². The van der Waals surface area contributed by atoms with Gasteiger partial charge in [-0.2, -0.15) is 0 Å². The number of nitrogens with one attached hydrogen (secondary N) is 1. The molecule has 2 N–H and O–H groups in total. The molecule has 0 aliphatic carbocycles. The molecule has 0 bridgehead atoms. The van der Waals surface area contributed by atoms with Crippen molar-refractivity contribution < 1.29 is 14.8 Å². The van der Waals surface area contributed by atoms with Crippen LogP contribution in [-0.2, 0) is 11.2 Å². The van der Waals surface area contributed by atoms with Gasteiger partial charge in [0, 0.05) is 23.4 Å². The fraction of sp³-hybridized carbons (Fsp3) is 0.118. The minimum Gasteiger partial charge on any atom is -0.481 e. The summed E-state index contributed by atoms with van der Waals surface area (Å²) in [5.74, 6) is -0.873. The Morgan fingerprint density at radius 3 is 2.62 bits per heavy atom. The maximum Gasteiger partial charge on any atom is 0.303 e. The first-order valence-corrected chi connectivity index (χ1v) is 8.10. The predicted molar refractivity (Wildman–Crippen MR) is 91.5 cm³/mol. The molecule has 0 amide bonds. The average molecular weight is 342 g/mol. The van der Waals surface area contributed by atoms with Gasteiger partial charge in [0.25, 0.3) is 5.69 Å². The van der Waals surface area contributed by atoms with Gasteiger partial charge in [-0.05, 0) is 24.1 Å². The Balaban J connectivity index is 2.04. The Labute approximate surface area is 141 Å². The Kier molecular flexibility index (Phi) is 4.52. The number of aryl methyl sites for hydroxylation is 1. The highest BCUT2D eigenvalue weighted by molar-refractivity contribution is 7.99. The van der Waals surface area contributed by atoms with E-state index in [1.54, 1.807) is 18.2 Å². The molecule has 0 saturated heterocycles. The Bertz CT molecular complexity index is 920. The molecular formula is C17H14N2O4S. The van der Waals surface area contributed by atoms with Crippen LogP contribution in [0.1, 0.15) is 12.0 Å². The first kappa shape index (κ1) is 16.1. The molecule has 122 valence electrons. The number of nitrogens with zero attached hydrogens (tertiary/aromatic N) is 1. The number of hydrogen-bond acceptors (Lipinski definition) is 4. The lowest BCUT2D eigenvalue weighted by Gasteiger charge is -2.04. The van der Waals surface area contributed by atoms with Crippen LogP contribution < -0.4 is 0 Å². The molecule has 0 aliphatic rings. The zero-order valence-electron chi connectivity index (χ0n) is 12.6. The van der Waals surface area contributed by atoms with Crippen LogP contribution >= 0.6 is 11.8 Å². The van der Waals surface area contributed by atoms with Crippen molar-refractivity contribution in [2.24, 2.45) is 0 Å². The number of hydrogen-bond donors (Lipinski definition) is 2. The molecule has 0 aliphatic heterocycles. The number of para-hydroxylation sites is 2. The fourth-order valence-electron chi connectivity index (χ4n) is 2.55. The number of aromatic nitrogens is 1. The topological polar surface area (TPSA) is 96.2 Å². The van der Waals surface area contributed by atoms with Crippen LogP contribution in [0.4, 0.5) is 5.69 Å². The second-order valence-electron chi connectivity index (χ2n) is 5.20. The van der Waals surface area contributed by atoms with Gasteiger partial charge in [0.05, 0.1) is 14.8 Å². The molecule has 0 fully saturated rings. The highest BCUT2D eigenvalue weighted by Crippen LogP contribution is 2.38. The van der Waals surface area contributed by atoms with Crippen molar-refractivity contribution >= 4 is 34.3 Å². The van der Waals surface area contributed by atoms with E-state index in [-0.39, 0.29) is 12.1 Å². The normalized spacial score (nSPS) is 10.8. The molecule has 0 saturated carbocycles. The summed E-state index contributed by atoms with van der Waals surface area (Å²) in [7, 11) is 0. The van der Waals surface area contributed by atoms with Crippen molar-refractivity contribution in [2.75, 3.05) is 0 Å². The third kappa shape index (κ3) is 3.26.